The molecular weight excluding hydrogens is 316 g/mol. The van der Waals surface area contributed by atoms with E-state index in [1.165, 1.54) is 41.9 Å². The van der Waals surface area contributed by atoms with Crippen molar-refractivity contribution in [2.45, 2.75) is 39.3 Å². The van der Waals surface area contributed by atoms with Crippen molar-refractivity contribution >= 4 is 15.9 Å². The van der Waals surface area contributed by atoms with Gasteiger partial charge in [0.15, 0.2) is 0 Å². The fourth-order valence-corrected chi connectivity index (χ4v) is 4.78. The van der Waals surface area contributed by atoms with Gasteiger partial charge in [0.1, 0.15) is 0 Å². The van der Waals surface area contributed by atoms with Gasteiger partial charge >= 0.3 is 0 Å². The van der Waals surface area contributed by atoms with Crippen LogP contribution in [0.15, 0.2) is 4.47 Å². The minimum atomic E-state index is 0.724. The van der Waals surface area contributed by atoms with Crippen LogP contribution in [0.5, 0.6) is 0 Å². The number of hydrogen-bond acceptors (Lipinski definition) is 3. The third-order valence-corrected chi connectivity index (χ3v) is 6.01. The van der Waals surface area contributed by atoms with Crippen LogP contribution < -0.4 is 5.32 Å². The molecule has 2 aliphatic heterocycles. The largest absolute Gasteiger partial charge is 0.316 e. The van der Waals surface area contributed by atoms with Crippen molar-refractivity contribution in [2.24, 2.45) is 18.9 Å². The van der Waals surface area contributed by atoms with E-state index >= 15 is 0 Å². The maximum Gasteiger partial charge on any atom is 0.0767 e. The summed E-state index contributed by atoms with van der Waals surface area (Å²) < 4.78 is 3.27. The molecule has 3 unspecified atom stereocenters. The number of likely N-dealkylation sites (tertiary alicyclic amines) is 1. The molecule has 0 radical (unpaired) electrons. The Bertz CT molecular complexity index is 484. The lowest BCUT2D eigenvalue weighted by atomic mass is 9.93. The summed E-state index contributed by atoms with van der Waals surface area (Å²) in [5.41, 5.74) is 2.50. The van der Waals surface area contributed by atoms with E-state index in [0.29, 0.717) is 0 Å². The van der Waals surface area contributed by atoms with Gasteiger partial charge in [0.25, 0.3) is 0 Å². The molecule has 1 aromatic heterocycles. The summed E-state index contributed by atoms with van der Waals surface area (Å²) in [7, 11) is 2.07. The fourth-order valence-electron chi connectivity index (χ4n) is 4.04. The zero-order valence-corrected chi connectivity index (χ0v) is 14.3. The molecule has 2 fully saturated rings. The minimum absolute atomic E-state index is 0.724. The maximum absolute atomic E-state index is 4.62. The van der Waals surface area contributed by atoms with E-state index in [1.807, 2.05) is 0 Å². The first-order valence-electron chi connectivity index (χ1n) is 7.80. The molecule has 0 saturated carbocycles. The monoisotopic (exact) mass is 340 g/mol. The number of aromatic nitrogens is 2. The molecule has 5 heteroatoms. The molecule has 0 aromatic carbocycles. The molecule has 4 nitrogen and oxygen atoms in total. The number of hydrogen-bond donors (Lipinski definition) is 1. The average molecular weight is 341 g/mol. The standard InChI is InChI=1S/C15H25BrN4/c1-4-12-15(16)14(19(3)18-12)9-20-8-10-6-17-7-11(10)13(20)5-2/h10-11,13,17H,4-9H2,1-3H3. The van der Waals surface area contributed by atoms with E-state index in [1.54, 1.807) is 0 Å². The molecule has 0 amide bonds. The van der Waals surface area contributed by atoms with E-state index in [0.717, 1.165) is 30.8 Å². The van der Waals surface area contributed by atoms with Crippen molar-refractivity contribution in [3.63, 3.8) is 0 Å². The second-order valence-electron chi connectivity index (χ2n) is 6.17. The van der Waals surface area contributed by atoms with Gasteiger partial charge in [0, 0.05) is 26.2 Å². The molecular formula is C15H25BrN4. The third-order valence-electron chi connectivity index (χ3n) is 5.10. The van der Waals surface area contributed by atoms with Gasteiger partial charge in [0.05, 0.1) is 15.9 Å². The predicted octanol–water partition coefficient (Wildman–Crippen LogP) is 2.17. The minimum Gasteiger partial charge on any atom is -0.316 e. The van der Waals surface area contributed by atoms with Crippen LogP contribution in [0.3, 0.4) is 0 Å². The first kappa shape index (κ1) is 14.5. The predicted molar refractivity (Wildman–Crippen MR) is 84.6 cm³/mol. The second kappa shape index (κ2) is 5.78. The molecule has 2 aliphatic rings. The normalized spacial score (nSPS) is 30.1. The van der Waals surface area contributed by atoms with Crippen LogP contribution >= 0.6 is 15.9 Å². The van der Waals surface area contributed by atoms with E-state index < -0.39 is 0 Å². The van der Waals surface area contributed by atoms with E-state index in [-0.39, 0.29) is 0 Å². The molecule has 112 valence electrons. The lowest BCUT2D eigenvalue weighted by Crippen LogP contribution is -2.35. The number of aryl methyl sites for hydroxylation is 2. The molecule has 0 bridgehead atoms. The first-order chi connectivity index (χ1) is 9.65. The summed E-state index contributed by atoms with van der Waals surface area (Å²) in [4.78, 5) is 2.68. The van der Waals surface area contributed by atoms with Crippen LogP contribution in [0.1, 0.15) is 31.7 Å². The Balaban J connectivity index is 1.79. The Morgan fingerprint density at radius 2 is 2.15 bits per heavy atom. The second-order valence-corrected chi connectivity index (χ2v) is 6.96. The summed E-state index contributed by atoms with van der Waals surface area (Å²) in [5, 5.41) is 8.18. The average Bonchev–Trinajstić information content (AvgIpc) is 3.07. The number of nitrogens with one attached hydrogen (secondary N) is 1. The lowest BCUT2D eigenvalue weighted by Gasteiger charge is -2.26. The number of nitrogens with zero attached hydrogens (tertiary/aromatic N) is 3. The summed E-state index contributed by atoms with van der Waals surface area (Å²) >= 11 is 3.75. The third kappa shape index (κ3) is 2.34. The SMILES string of the molecule is CCc1nn(C)c(CN2CC3CNCC3C2CC)c1Br. The van der Waals surface area contributed by atoms with Gasteiger partial charge < -0.3 is 5.32 Å². The Hall–Kier alpha value is -0.390. The van der Waals surface area contributed by atoms with Crippen molar-refractivity contribution in [3.05, 3.63) is 15.9 Å². The summed E-state index contributed by atoms with van der Waals surface area (Å²) in [5.74, 6) is 1.69. The van der Waals surface area contributed by atoms with Crippen molar-refractivity contribution in [1.82, 2.24) is 20.0 Å². The zero-order valence-electron chi connectivity index (χ0n) is 12.7. The fraction of sp³-hybridized carbons (Fsp3) is 0.800. The maximum atomic E-state index is 4.62. The lowest BCUT2D eigenvalue weighted by molar-refractivity contribution is 0.205. The molecule has 3 atom stereocenters. The van der Waals surface area contributed by atoms with E-state index in [2.05, 4.69) is 56.8 Å². The van der Waals surface area contributed by atoms with Crippen LogP contribution in [0.25, 0.3) is 0 Å². The topological polar surface area (TPSA) is 33.1 Å². The molecule has 2 saturated heterocycles. The van der Waals surface area contributed by atoms with Crippen molar-refractivity contribution in [1.29, 1.82) is 0 Å². The summed E-state index contributed by atoms with van der Waals surface area (Å²) in [6.45, 7) is 9.15. The first-order valence-corrected chi connectivity index (χ1v) is 8.60. The zero-order chi connectivity index (χ0) is 14.3. The van der Waals surface area contributed by atoms with Gasteiger partial charge in [0.2, 0.25) is 0 Å². The van der Waals surface area contributed by atoms with Crippen LogP contribution in [-0.4, -0.2) is 40.4 Å². The molecule has 1 aromatic rings. The molecule has 0 spiro atoms. The molecule has 3 heterocycles. The van der Waals surface area contributed by atoms with Crippen molar-refractivity contribution in [3.8, 4) is 0 Å². The molecule has 3 rings (SSSR count). The van der Waals surface area contributed by atoms with Crippen LogP contribution in [0, 0.1) is 11.8 Å². The smallest absolute Gasteiger partial charge is 0.0767 e. The molecule has 20 heavy (non-hydrogen) atoms. The van der Waals surface area contributed by atoms with Gasteiger partial charge in [-0.15, -0.1) is 0 Å². The molecule has 0 aliphatic carbocycles. The highest BCUT2D eigenvalue weighted by Crippen LogP contribution is 2.36. The van der Waals surface area contributed by atoms with E-state index in [9.17, 15) is 0 Å². The Morgan fingerprint density at radius 3 is 2.80 bits per heavy atom. The van der Waals surface area contributed by atoms with Crippen LogP contribution in [0.2, 0.25) is 0 Å². The van der Waals surface area contributed by atoms with Crippen molar-refractivity contribution < 1.29 is 0 Å². The van der Waals surface area contributed by atoms with Gasteiger partial charge in [-0.2, -0.15) is 5.10 Å². The Labute approximate surface area is 130 Å². The quantitative estimate of drug-likeness (QED) is 0.911. The highest BCUT2D eigenvalue weighted by Gasteiger charge is 2.43. The van der Waals surface area contributed by atoms with Crippen LogP contribution in [0.4, 0.5) is 0 Å². The van der Waals surface area contributed by atoms with Gasteiger partial charge in [-0.25, -0.2) is 0 Å². The Kier molecular flexibility index (Phi) is 4.20. The van der Waals surface area contributed by atoms with Gasteiger partial charge in [-0.05, 0) is 53.7 Å². The number of fused-ring (bicyclic) bond motifs is 1. The van der Waals surface area contributed by atoms with E-state index in [4.69, 9.17) is 0 Å². The highest BCUT2D eigenvalue weighted by molar-refractivity contribution is 9.10. The van der Waals surface area contributed by atoms with Crippen LogP contribution in [-0.2, 0) is 20.0 Å². The highest BCUT2D eigenvalue weighted by atomic mass is 79.9. The summed E-state index contributed by atoms with van der Waals surface area (Å²) in [6.07, 6.45) is 2.24. The Morgan fingerprint density at radius 1 is 1.35 bits per heavy atom. The van der Waals surface area contributed by atoms with Gasteiger partial charge in [-0.3, -0.25) is 9.58 Å². The number of halogens is 1. The molecule has 1 N–H and O–H groups in total. The van der Waals surface area contributed by atoms with Gasteiger partial charge in [-0.1, -0.05) is 13.8 Å². The number of rotatable bonds is 4. The summed E-state index contributed by atoms with van der Waals surface area (Å²) in [6, 6.07) is 0.724. The van der Waals surface area contributed by atoms with Crippen molar-refractivity contribution in [2.75, 3.05) is 19.6 Å².